The lowest BCUT2D eigenvalue weighted by Gasteiger charge is -2.28. The molecule has 0 radical (unpaired) electrons. The Morgan fingerprint density at radius 3 is 2.54 bits per heavy atom. The molecule has 4 nitrogen and oxygen atoms in total. The van der Waals surface area contributed by atoms with Crippen molar-refractivity contribution in [1.29, 1.82) is 0 Å². The van der Waals surface area contributed by atoms with Crippen molar-refractivity contribution in [2.75, 3.05) is 33.4 Å². The van der Waals surface area contributed by atoms with E-state index in [9.17, 15) is 4.79 Å². The Labute approximate surface area is 87.8 Å². The van der Waals surface area contributed by atoms with Crippen molar-refractivity contribution >= 4 is 34.3 Å². The number of carbonyl (C=O) groups is 1. The average molecular weight is 219 g/mol. The first-order valence-corrected chi connectivity index (χ1v) is 5.32. The van der Waals surface area contributed by atoms with Gasteiger partial charge in [0.05, 0.1) is 0 Å². The number of rotatable bonds is 1. The second-order valence-electron chi connectivity index (χ2n) is 2.92. The van der Waals surface area contributed by atoms with Gasteiger partial charge in [-0.15, -0.1) is 0 Å². The van der Waals surface area contributed by atoms with Gasteiger partial charge in [-0.2, -0.15) is 0 Å². The van der Waals surface area contributed by atoms with E-state index >= 15 is 0 Å². The van der Waals surface area contributed by atoms with Crippen LogP contribution in [0.3, 0.4) is 0 Å². The Balaban J connectivity index is 2.61. The highest BCUT2D eigenvalue weighted by atomic mass is 32.2. The zero-order valence-corrected chi connectivity index (χ0v) is 9.61. The van der Waals surface area contributed by atoms with Gasteiger partial charge >= 0.3 is 6.03 Å². The normalized spacial score (nSPS) is 16.9. The van der Waals surface area contributed by atoms with E-state index < -0.39 is 0 Å². The molecule has 0 N–H and O–H groups in total. The third kappa shape index (κ3) is 2.32. The minimum absolute atomic E-state index is 0.0556. The van der Waals surface area contributed by atoms with Crippen molar-refractivity contribution in [2.45, 2.75) is 0 Å². The molecule has 0 atom stereocenters. The van der Waals surface area contributed by atoms with Crippen LogP contribution in [0.2, 0.25) is 0 Å². The zero-order chi connectivity index (χ0) is 10.0. The van der Waals surface area contributed by atoms with Crippen LogP contribution in [-0.4, -0.2) is 58.7 Å². The minimum atomic E-state index is -0.0556. The first-order chi connectivity index (χ1) is 6.04. The first-order valence-electron chi connectivity index (χ1n) is 3.93. The van der Waals surface area contributed by atoms with Gasteiger partial charge in [0.25, 0.3) is 0 Å². The Hall–Kier alpha value is -0.330. The monoisotopic (exact) mass is 219 g/mol. The summed E-state index contributed by atoms with van der Waals surface area (Å²) in [6, 6.07) is -0.0556. The third-order valence-corrected chi connectivity index (χ3v) is 3.30. The molecule has 74 valence electrons. The van der Waals surface area contributed by atoms with Crippen LogP contribution in [0, 0.1) is 0 Å². The van der Waals surface area contributed by atoms with E-state index in [1.54, 1.807) is 28.7 Å². The summed E-state index contributed by atoms with van der Waals surface area (Å²) in [5.74, 6) is 0.909. The summed E-state index contributed by atoms with van der Waals surface area (Å²) >= 11 is 6.60. The number of nitrogens with zero attached hydrogens (tertiary/aromatic N) is 3. The molecule has 2 amide bonds. The lowest BCUT2D eigenvalue weighted by atomic mass is 10.6. The van der Waals surface area contributed by atoms with Crippen molar-refractivity contribution in [2.24, 2.45) is 0 Å². The quantitative estimate of drug-likeness (QED) is 0.482. The molecule has 1 heterocycles. The topological polar surface area (TPSA) is 26.8 Å². The van der Waals surface area contributed by atoms with Crippen LogP contribution in [0.15, 0.2) is 0 Å². The highest BCUT2D eigenvalue weighted by Gasteiger charge is 2.27. The van der Waals surface area contributed by atoms with Gasteiger partial charge in [-0.1, -0.05) is 24.0 Å². The molecule has 1 fully saturated rings. The largest absolute Gasteiger partial charge is 0.339 e. The van der Waals surface area contributed by atoms with Crippen LogP contribution in [0.1, 0.15) is 0 Å². The van der Waals surface area contributed by atoms with Crippen molar-refractivity contribution in [1.82, 2.24) is 14.9 Å². The molecule has 0 aromatic carbocycles. The summed E-state index contributed by atoms with van der Waals surface area (Å²) in [5.41, 5.74) is 0. The summed E-state index contributed by atoms with van der Waals surface area (Å²) < 4.78 is 0.679. The number of carbonyl (C=O) groups excluding carboxylic acids is 1. The number of urea groups is 1. The number of amides is 2. The van der Waals surface area contributed by atoms with Gasteiger partial charge in [-0.05, 0) is 0 Å². The Kier molecular flexibility index (Phi) is 3.52. The first kappa shape index (κ1) is 10.7. The van der Waals surface area contributed by atoms with Gasteiger partial charge in [0.15, 0.2) is 0 Å². The molecular weight excluding hydrogens is 206 g/mol. The summed E-state index contributed by atoms with van der Waals surface area (Å²) in [6.45, 7) is 0.723. The summed E-state index contributed by atoms with van der Waals surface area (Å²) in [4.78, 5) is 13.3. The molecule has 0 bridgehead atoms. The highest BCUT2D eigenvalue weighted by molar-refractivity contribution is 8.23. The van der Waals surface area contributed by atoms with Gasteiger partial charge in [-0.25, -0.2) is 9.80 Å². The van der Waals surface area contributed by atoms with Crippen LogP contribution in [-0.2, 0) is 0 Å². The lowest BCUT2D eigenvalue weighted by Crippen LogP contribution is -2.47. The predicted octanol–water partition coefficient (Wildman–Crippen LogP) is 0.848. The number of hydrazine groups is 1. The van der Waals surface area contributed by atoms with E-state index in [2.05, 4.69) is 0 Å². The van der Waals surface area contributed by atoms with E-state index in [4.69, 9.17) is 12.2 Å². The molecule has 1 aliphatic rings. The fraction of sp³-hybridized carbons (Fsp3) is 0.714. The predicted molar refractivity (Wildman–Crippen MR) is 58.6 cm³/mol. The molecule has 0 unspecified atom stereocenters. The lowest BCUT2D eigenvalue weighted by molar-refractivity contribution is 0.0759. The second kappa shape index (κ2) is 4.26. The number of thioether (sulfide) groups is 1. The van der Waals surface area contributed by atoms with Crippen LogP contribution in [0.4, 0.5) is 4.79 Å². The number of hydrogen-bond donors (Lipinski definition) is 0. The van der Waals surface area contributed by atoms with Crippen LogP contribution in [0.5, 0.6) is 0 Å². The number of thiocarbonyl (C=S) groups is 1. The molecule has 1 aliphatic heterocycles. The molecular formula is C7H13N3OS2. The Morgan fingerprint density at radius 2 is 2.15 bits per heavy atom. The number of hydrogen-bond acceptors (Lipinski definition) is 4. The standard InChI is InChI=1S/C7H13N3OS2/c1-8(2)9(3)6(11)10-4-5-13-7(10)12/h4-5H2,1-3H3. The zero-order valence-electron chi connectivity index (χ0n) is 7.98. The molecule has 13 heavy (non-hydrogen) atoms. The van der Waals surface area contributed by atoms with Gasteiger partial charge in [-0.3, -0.25) is 9.91 Å². The Morgan fingerprint density at radius 1 is 1.54 bits per heavy atom. The second-order valence-corrected chi connectivity index (χ2v) is 4.65. The van der Waals surface area contributed by atoms with Crippen LogP contribution >= 0.6 is 24.0 Å². The molecule has 6 heteroatoms. The molecule has 1 rings (SSSR count). The van der Waals surface area contributed by atoms with Crippen LogP contribution < -0.4 is 0 Å². The summed E-state index contributed by atoms with van der Waals surface area (Å²) in [6.07, 6.45) is 0. The molecule has 0 aromatic rings. The van der Waals surface area contributed by atoms with E-state index in [1.807, 2.05) is 14.1 Å². The van der Waals surface area contributed by atoms with Crippen molar-refractivity contribution < 1.29 is 4.79 Å². The maximum Gasteiger partial charge on any atom is 0.339 e. The van der Waals surface area contributed by atoms with Crippen molar-refractivity contribution in [3.8, 4) is 0 Å². The Bertz CT molecular complexity index is 232. The van der Waals surface area contributed by atoms with E-state index in [0.29, 0.717) is 4.32 Å². The maximum atomic E-state index is 11.7. The smallest absolute Gasteiger partial charge is 0.277 e. The molecule has 0 aliphatic carbocycles. The molecule has 0 spiro atoms. The van der Waals surface area contributed by atoms with Crippen molar-refractivity contribution in [3.05, 3.63) is 0 Å². The third-order valence-electron chi connectivity index (χ3n) is 1.87. The minimum Gasteiger partial charge on any atom is -0.277 e. The molecule has 1 saturated heterocycles. The fourth-order valence-electron chi connectivity index (χ4n) is 0.913. The van der Waals surface area contributed by atoms with Gasteiger partial charge < -0.3 is 0 Å². The van der Waals surface area contributed by atoms with Crippen molar-refractivity contribution in [3.63, 3.8) is 0 Å². The fourth-order valence-corrected chi connectivity index (χ4v) is 2.11. The van der Waals surface area contributed by atoms with Gasteiger partial charge in [0.2, 0.25) is 0 Å². The van der Waals surface area contributed by atoms with E-state index in [0.717, 1.165) is 12.3 Å². The average Bonchev–Trinajstić information content (AvgIpc) is 2.48. The maximum absolute atomic E-state index is 11.7. The van der Waals surface area contributed by atoms with Gasteiger partial charge in [0.1, 0.15) is 4.32 Å². The van der Waals surface area contributed by atoms with Gasteiger partial charge in [0, 0.05) is 33.4 Å². The highest BCUT2D eigenvalue weighted by Crippen LogP contribution is 2.19. The summed E-state index contributed by atoms with van der Waals surface area (Å²) in [7, 11) is 5.38. The van der Waals surface area contributed by atoms with Crippen LogP contribution in [0.25, 0.3) is 0 Å². The van der Waals surface area contributed by atoms with E-state index in [-0.39, 0.29) is 6.03 Å². The molecule has 0 saturated carbocycles. The van der Waals surface area contributed by atoms with E-state index in [1.165, 1.54) is 5.01 Å². The SMILES string of the molecule is CN(C)N(C)C(=O)N1CCSC1=S. The summed E-state index contributed by atoms with van der Waals surface area (Å²) in [5, 5.41) is 3.27. The molecule has 0 aromatic heterocycles.